The SMILES string of the molecule is Cc1cccc(OCc2cc3ccc(C)cc3[nH]2)c1. The summed E-state index contributed by atoms with van der Waals surface area (Å²) >= 11 is 0. The van der Waals surface area contributed by atoms with E-state index < -0.39 is 0 Å². The van der Waals surface area contributed by atoms with Gasteiger partial charge in [-0.1, -0.05) is 24.3 Å². The first-order chi connectivity index (χ1) is 9.20. The fourth-order valence-corrected chi connectivity index (χ4v) is 2.24. The van der Waals surface area contributed by atoms with Gasteiger partial charge in [-0.2, -0.15) is 0 Å². The molecule has 0 bridgehead atoms. The van der Waals surface area contributed by atoms with Gasteiger partial charge in [-0.25, -0.2) is 0 Å². The summed E-state index contributed by atoms with van der Waals surface area (Å²) in [7, 11) is 0. The van der Waals surface area contributed by atoms with Gasteiger partial charge in [0.2, 0.25) is 0 Å². The summed E-state index contributed by atoms with van der Waals surface area (Å²) in [5.74, 6) is 0.912. The van der Waals surface area contributed by atoms with Crippen LogP contribution in [-0.2, 0) is 6.61 Å². The minimum atomic E-state index is 0.567. The summed E-state index contributed by atoms with van der Waals surface area (Å²) in [6.07, 6.45) is 0. The first kappa shape index (κ1) is 11.8. The van der Waals surface area contributed by atoms with Gasteiger partial charge in [0.05, 0.1) is 5.69 Å². The number of hydrogen-bond acceptors (Lipinski definition) is 1. The number of H-pyrrole nitrogens is 1. The van der Waals surface area contributed by atoms with E-state index in [2.05, 4.69) is 49.2 Å². The van der Waals surface area contributed by atoms with Crippen LogP contribution in [0.2, 0.25) is 0 Å². The van der Waals surface area contributed by atoms with Gasteiger partial charge in [-0.3, -0.25) is 0 Å². The highest BCUT2D eigenvalue weighted by Gasteiger charge is 2.02. The average molecular weight is 251 g/mol. The van der Waals surface area contributed by atoms with Crippen LogP contribution in [0.3, 0.4) is 0 Å². The molecule has 0 saturated heterocycles. The number of benzene rings is 2. The Kier molecular flexibility index (Phi) is 3.00. The Morgan fingerprint density at radius 1 is 0.947 bits per heavy atom. The van der Waals surface area contributed by atoms with E-state index in [0.717, 1.165) is 11.4 Å². The van der Waals surface area contributed by atoms with Crippen LogP contribution in [0.25, 0.3) is 10.9 Å². The molecule has 0 radical (unpaired) electrons. The van der Waals surface area contributed by atoms with Crippen LogP contribution >= 0.6 is 0 Å². The first-order valence-corrected chi connectivity index (χ1v) is 6.48. The summed E-state index contributed by atoms with van der Waals surface area (Å²) in [5, 5.41) is 1.23. The molecule has 0 spiro atoms. The van der Waals surface area contributed by atoms with E-state index >= 15 is 0 Å². The number of fused-ring (bicyclic) bond motifs is 1. The van der Waals surface area contributed by atoms with E-state index in [0.29, 0.717) is 6.61 Å². The molecule has 0 unspecified atom stereocenters. The van der Waals surface area contributed by atoms with Crippen LogP contribution in [0.4, 0.5) is 0 Å². The normalized spacial score (nSPS) is 10.8. The number of aromatic amines is 1. The van der Waals surface area contributed by atoms with Crippen LogP contribution in [0.5, 0.6) is 5.75 Å². The molecule has 2 nitrogen and oxygen atoms in total. The number of aryl methyl sites for hydroxylation is 2. The number of rotatable bonds is 3. The Hall–Kier alpha value is -2.22. The third-order valence-electron chi connectivity index (χ3n) is 3.22. The highest BCUT2D eigenvalue weighted by atomic mass is 16.5. The minimum absolute atomic E-state index is 0.567. The molecule has 0 fully saturated rings. The minimum Gasteiger partial charge on any atom is -0.487 e. The number of ether oxygens (including phenoxy) is 1. The van der Waals surface area contributed by atoms with Crippen molar-refractivity contribution in [2.24, 2.45) is 0 Å². The van der Waals surface area contributed by atoms with Crippen LogP contribution in [0.1, 0.15) is 16.8 Å². The summed E-state index contributed by atoms with van der Waals surface area (Å²) in [4.78, 5) is 3.40. The molecule has 2 aromatic carbocycles. The maximum atomic E-state index is 5.80. The van der Waals surface area contributed by atoms with Crippen molar-refractivity contribution >= 4 is 10.9 Å². The second-order valence-electron chi connectivity index (χ2n) is 4.99. The Morgan fingerprint density at radius 3 is 2.63 bits per heavy atom. The monoisotopic (exact) mass is 251 g/mol. The molecule has 3 rings (SSSR count). The van der Waals surface area contributed by atoms with Crippen LogP contribution in [0.15, 0.2) is 48.5 Å². The van der Waals surface area contributed by atoms with Gasteiger partial charge < -0.3 is 9.72 Å². The predicted molar refractivity (Wildman–Crippen MR) is 78.5 cm³/mol. The van der Waals surface area contributed by atoms with Crippen LogP contribution in [0, 0.1) is 13.8 Å². The summed E-state index contributed by atoms with van der Waals surface area (Å²) < 4.78 is 5.80. The van der Waals surface area contributed by atoms with Gasteiger partial charge in [0.25, 0.3) is 0 Å². The topological polar surface area (TPSA) is 25.0 Å². The van der Waals surface area contributed by atoms with Crippen molar-refractivity contribution in [2.75, 3.05) is 0 Å². The molecule has 19 heavy (non-hydrogen) atoms. The summed E-state index contributed by atoms with van der Waals surface area (Å²) in [6, 6.07) is 16.7. The number of aromatic nitrogens is 1. The van der Waals surface area contributed by atoms with E-state index in [1.54, 1.807) is 0 Å². The lowest BCUT2D eigenvalue weighted by Gasteiger charge is -2.05. The molecular formula is C17H17NO. The highest BCUT2D eigenvalue weighted by molar-refractivity contribution is 5.80. The Labute approximate surface area is 113 Å². The third-order valence-corrected chi connectivity index (χ3v) is 3.22. The Balaban J connectivity index is 1.78. The zero-order chi connectivity index (χ0) is 13.2. The summed E-state index contributed by atoms with van der Waals surface area (Å²) in [6.45, 7) is 4.74. The van der Waals surface area contributed by atoms with Crippen molar-refractivity contribution in [3.63, 3.8) is 0 Å². The van der Waals surface area contributed by atoms with Crippen LogP contribution in [-0.4, -0.2) is 4.98 Å². The van der Waals surface area contributed by atoms with Gasteiger partial charge in [0.1, 0.15) is 12.4 Å². The smallest absolute Gasteiger partial charge is 0.128 e. The van der Waals surface area contributed by atoms with E-state index in [9.17, 15) is 0 Å². The molecule has 1 heterocycles. The lowest BCUT2D eigenvalue weighted by molar-refractivity contribution is 0.302. The standard InChI is InChI=1S/C17H17NO/c1-12-4-3-5-16(8-12)19-11-15-10-14-7-6-13(2)9-17(14)18-15/h3-10,18H,11H2,1-2H3. The zero-order valence-corrected chi connectivity index (χ0v) is 11.2. The molecule has 0 aliphatic rings. The molecular weight excluding hydrogens is 234 g/mol. The van der Waals surface area contributed by atoms with Gasteiger partial charge in [0.15, 0.2) is 0 Å². The average Bonchev–Trinajstić information content (AvgIpc) is 2.78. The quantitative estimate of drug-likeness (QED) is 0.735. The number of nitrogens with one attached hydrogen (secondary N) is 1. The van der Waals surface area contributed by atoms with E-state index in [-0.39, 0.29) is 0 Å². The lowest BCUT2D eigenvalue weighted by Crippen LogP contribution is -1.95. The fraction of sp³-hybridized carbons (Fsp3) is 0.176. The third kappa shape index (κ3) is 2.63. The molecule has 1 N–H and O–H groups in total. The molecule has 2 heteroatoms. The molecule has 0 atom stereocenters. The highest BCUT2D eigenvalue weighted by Crippen LogP contribution is 2.19. The fourth-order valence-electron chi connectivity index (χ4n) is 2.24. The van der Waals surface area contributed by atoms with Crippen molar-refractivity contribution < 1.29 is 4.74 Å². The van der Waals surface area contributed by atoms with E-state index in [1.807, 2.05) is 18.2 Å². The van der Waals surface area contributed by atoms with Crippen molar-refractivity contribution in [2.45, 2.75) is 20.5 Å². The number of hydrogen-bond donors (Lipinski definition) is 1. The van der Waals surface area contributed by atoms with E-state index in [4.69, 9.17) is 4.74 Å². The van der Waals surface area contributed by atoms with E-state index in [1.165, 1.54) is 22.0 Å². The van der Waals surface area contributed by atoms with Crippen molar-refractivity contribution in [1.29, 1.82) is 0 Å². The Morgan fingerprint density at radius 2 is 1.79 bits per heavy atom. The van der Waals surface area contributed by atoms with Gasteiger partial charge >= 0.3 is 0 Å². The second kappa shape index (κ2) is 4.81. The van der Waals surface area contributed by atoms with Crippen LogP contribution < -0.4 is 4.74 Å². The zero-order valence-electron chi connectivity index (χ0n) is 11.2. The van der Waals surface area contributed by atoms with Crippen molar-refractivity contribution in [3.8, 4) is 5.75 Å². The molecule has 96 valence electrons. The largest absolute Gasteiger partial charge is 0.487 e. The predicted octanol–water partition coefficient (Wildman–Crippen LogP) is 4.36. The Bertz CT molecular complexity index is 712. The summed E-state index contributed by atoms with van der Waals surface area (Å²) in [5.41, 5.74) is 4.75. The molecule has 0 saturated carbocycles. The van der Waals surface area contributed by atoms with Gasteiger partial charge in [-0.15, -0.1) is 0 Å². The maximum Gasteiger partial charge on any atom is 0.128 e. The van der Waals surface area contributed by atoms with Crippen molar-refractivity contribution in [3.05, 3.63) is 65.4 Å². The second-order valence-corrected chi connectivity index (χ2v) is 4.99. The molecule has 0 aliphatic carbocycles. The van der Waals surface area contributed by atoms with Gasteiger partial charge in [0, 0.05) is 5.52 Å². The van der Waals surface area contributed by atoms with Crippen molar-refractivity contribution in [1.82, 2.24) is 4.98 Å². The first-order valence-electron chi connectivity index (χ1n) is 6.48. The molecule has 0 amide bonds. The molecule has 1 aromatic heterocycles. The molecule has 0 aliphatic heterocycles. The lowest BCUT2D eigenvalue weighted by atomic mass is 10.2. The maximum absolute atomic E-state index is 5.80. The van der Waals surface area contributed by atoms with Gasteiger partial charge in [-0.05, 0) is 54.6 Å². The molecule has 3 aromatic rings.